The number of nitrogens with zero attached hydrogens (tertiary/aromatic N) is 1. The molecule has 0 bridgehead atoms. The van der Waals surface area contributed by atoms with Crippen molar-refractivity contribution in [2.45, 2.75) is 39.9 Å². The second kappa shape index (κ2) is 7.28. The molecule has 4 nitrogen and oxygen atoms in total. The van der Waals surface area contributed by atoms with Crippen molar-refractivity contribution in [3.63, 3.8) is 0 Å². The number of hydrazine groups is 1. The number of nitrogens with one attached hydrogen (secondary N) is 1. The van der Waals surface area contributed by atoms with Crippen LogP contribution >= 0.6 is 0 Å². The quantitative estimate of drug-likeness (QED) is 0.788. The Morgan fingerprint density at radius 1 is 1.21 bits per heavy atom. The first-order valence-corrected chi connectivity index (χ1v) is 9.29. The highest BCUT2D eigenvalue weighted by atomic mass is 19.4. The third-order valence-corrected chi connectivity index (χ3v) is 4.81. The van der Waals surface area contributed by atoms with E-state index >= 15 is 0 Å². The average Bonchev–Trinajstić information content (AvgIpc) is 2.84. The summed E-state index contributed by atoms with van der Waals surface area (Å²) in [6.07, 6.45) is -4.56. The standard InChI is InChI=1S/C21H25F3N2O2/c1-13(2)11-28-15-9-8-14-6-5-7-16(17(14)10-15)18(21(22,23)24)26-12-20(3,4)19(27)25-26/h5-10,13,18H,11-12H2,1-4H3,(H,25,27)/t18-/m0/s1. The van der Waals surface area contributed by atoms with E-state index < -0.39 is 23.5 Å². The first-order valence-electron chi connectivity index (χ1n) is 9.29. The molecular weight excluding hydrogens is 369 g/mol. The lowest BCUT2D eigenvalue weighted by Gasteiger charge is -2.30. The summed E-state index contributed by atoms with van der Waals surface area (Å²) in [4.78, 5) is 12.1. The SMILES string of the molecule is CC(C)COc1ccc2cccc([C@H](N3CC(C)(C)C(=O)N3)C(F)(F)F)c2c1. The second-order valence-corrected chi connectivity index (χ2v) is 8.33. The van der Waals surface area contributed by atoms with Crippen molar-refractivity contribution in [1.82, 2.24) is 10.4 Å². The van der Waals surface area contributed by atoms with Crippen molar-refractivity contribution in [1.29, 1.82) is 0 Å². The molecule has 0 saturated carbocycles. The van der Waals surface area contributed by atoms with E-state index in [0.29, 0.717) is 29.0 Å². The normalized spacial score (nSPS) is 18.5. The third-order valence-electron chi connectivity index (χ3n) is 4.81. The summed E-state index contributed by atoms with van der Waals surface area (Å²) < 4.78 is 48.0. The maximum absolute atomic E-state index is 14.1. The van der Waals surface area contributed by atoms with Gasteiger partial charge in [-0.15, -0.1) is 0 Å². The molecule has 1 N–H and O–H groups in total. The summed E-state index contributed by atoms with van der Waals surface area (Å²) in [6, 6.07) is 8.06. The largest absolute Gasteiger partial charge is 0.493 e. The van der Waals surface area contributed by atoms with Gasteiger partial charge in [-0.3, -0.25) is 10.2 Å². The molecule has 152 valence electrons. The van der Waals surface area contributed by atoms with Crippen LogP contribution in [0.4, 0.5) is 13.2 Å². The first kappa shape index (κ1) is 20.5. The molecule has 1 amide bonds. The molecule has 3 rings (SSSR count). The monoisotopic (exact) mass is 394 g/mol. The van der Waals surface area contributed by atoms with Crippen LogP contribution in [0.5, 0.6) is 5.75 Å². The smallest absolute Gasteiger partial charge is 0.409 e. The molecule has 0 radical (unpaired) electrons. The van der Waals surface area contributed by atoms with Crippen molar-refractivity contribution in [3.05, 3.63) is 42.0 Å². The number of hydrogen-bond acceptors (Lipinski definition) is 3. The van der Waals surface area contributed by atoms with Crippen LogP contribution in [-0.2, 0) is 4.79 Å². The van der Waals surface area contributed by atoms with Gasteiger partial charge in [0.1, 0.15) is 5.75 Å². The minimum atomic E-state index is -4.56. The Balaban J connectivity index is 2.07. The van der Waals surface area contributed by atoms with E-state index in [9.17, 15) is 18.0 Å². The first-order chi connectivity index (χ1) is 13.0. The van der Waals surface area contributed by atoms with Gasteiger partial charge in [0.15, 0.2) is 6.04 Å². The zero-order valence-corrected chi connectivity index (χ0v) is 16.4. The summed E-state index contributed by atoms with van der Waals surface area (Å²) >= 11 is 0. The number of rotatable bonds is 5. The number of fused-ring (bicyclic) bond motifs is 1. The fourth-order valence-corrected chi connectivity index (χ4v) is 3.36. The highest BCUT2D eigenvalue weighted by Crippen LogP contribution is 2.43. The van der Waals surface area contributed by atoms with Crippen molar-refractivity contribution in [2.75, 3.05) is 13.2 Å². The molecule has 2 aromatic rings. The molecule has 1 saturated heterocycles. The van der Waals surface area contributed by atoms with Gasteiger partial charge >= 0.3 is 6.18 Å². The Labute approximate surface area is 162 Å². The molecular formula is C21H25F3N2O2. The Hall–Kier alpha value is -2.28. The maximum Gasteiger partial charge on any atom is 0.409 e. The van der Waals surface area contributed by atoms with Crippen LogP contribution in [-0.4, -0.2) is 30.2 Å². The molecule has 1 aliphatic rings. The van der Waals surface area contributed by atoms with Crippen LogP contribution < -0.4 is 10.2 Å². The number of carbonyl (C=O) groups is 1. The van der Waals surface area contributed by atoms with Crippen molar-refractivity contribution >= 4 is 16.7 Å². The van der Waals surface area contributed by atoms with Crippen LogP contribution in [0, 0.1) is 11.3 Å². The van der Waals surface area contributed by atoms with Gasteiger partial charge in [-0.1, -0.05) is 38.1 Å². The number of benzene rings is 2. The number of amides is 1. The van der Waals surface area contributed by atoms with Gasteiger partial charge in [0.05, 0.1) is 12.0 Å². The summed E-state index contributed by atoms with van der Waals surface area (Å²) in [5.74, 6) is 0.416. The predicted octanol–water partition coefficient (Wildman–Crippen LogP) is 4.85. The molecule has 1 aliphatic heterocycles. The van der Waals surface area contributed by atoms with Crippen molar-refractivity contribution in [3.8, 4) is 5.75 Å². The lowest BCUT2D eigenvalue weighted by atomic mass is 9.93. The summed E-state index contributed by atoms with van der Waals surface area (Å²) in [5.41, 5.74) is 1.62. The third kappa shape index (κ3) is 4.09. The van der Waals surface area contributed by atoms with Gasteiger partial charge in [-0.2, -0.15) is 13.2 Å². The highest BCUT2D eigenvalue weighted by molar-refractivity contribution is 5.88. The van der Waals surface area contributed by atoms with E-state index in [0.717, 1.165) is 5.01 Å². The summed E-state index contributed by atoms with van der Waals surface area (Å²) in [6.45, 7) is 7.73. The van der Waals surface area contributed by atoms with E-state index in [4.69, 9.17) is 4.74 Å². The molecule has 28 heavy (non-hydrogen) atoms. The second-order valence-electron chi connectivity index (χ2n) is 8.33. The van der Waals surface area contributed by atoms with Crippen LogP contribution in [0.3, 0.4) is 0 Å². The molecule has 1 fully saturated rings. The lowest BCUT2D eigenvalue weighted by molar-refractivity contribution is -0.191. The summed E-state index contributed by atoms with van der Waals surface area (Å²) in [7, 11) is 0. The van der Waals surface area contributed by atoms with Gasteiger partial charge < -0.3 is 4.74 Å². The number of ether oxygens (including phenoxy) is 1. The van der Waals surface area contributed by atoms with E-state index in [1.54, 1.807) is 44.2 Å². The van der Waals surface area contributed by atoms with E-state index in [1.807, 2.05) is 13.8 Å². The Bertz CT molecular complexity index is 878. The van der Waals surface area contributed by atoms with Gasteiger partial charge in [0.25, 0.3) is 0 Å². The average molecular weight is 394 g/mol. The predicted molar refractivity (Wildman–Crippen MR) is 102 cm³/mol. The number of carbonyl (C=O) groups excluding carboxylic acids is 1. The van der Waals surface area contributed by atoms with Gasteiger partial charge in [-0.05, 0) is 48.2 Å². The molecule has 0 aliphatic carbocycles. The van der Waals surface area contributed by atoms with Crippen molar-refractivity contribution < 1.29 is 22.7 Å². The minimum Gasteiger partial charge on any atom is -0.493 e. The van der Waals surface area contributed by atoms with Crippen molar-refractivity contribution in [2.24, 2.45) is 11.3 Å². The van der Waals surface area contributed by atoms with Crippen LogP contribution in [0.25, 0.3) is 10.8 Å². The maximum atomic E-state index is 14.1. The molecule has 0 aromatic heterocycles. The zero-order valence-electron chi connectivity index (χ0n) is 16.4. The molecule has 0 unspecified atom stereocenters. The Morgan fingerprint density at radius 3 is 2.50 bits per heavy atom. The minimum absolute atomic E-state index is 0.0318. The Kier molecular flexibility index (Phi) is 5.32. The number of hydrogen-bond donors (Lipinski definition) is 1. The van der Waals surface area contributed by atoms with Gasteiger partial charge in [-0.25, -0.2) is 5.01 Å². The molecule has 7 heteroatoms. The number of halogens is 3. The molecule has 0 spiro atoms. The number of alkyl halides is 3. The lowest BCUT2D eigenvalue weighted by Crippen LogP contribution is -2.43. The zero-order chi connectivity index (χ0) is 20.7. The molecule has 1 heterocycles. The van der Waals surface area contributed by atoms with E-state index in [1.165, 1.54) is 6.07 Å². The van der Waals surface area contributed by atoms with Gasteiger partial charge in [0, 0.05) is 6.54 Å². The van der Waals surface area contributed by atoms with E-state index in [-0.39, 0.29) is 12.1 Å². The fraction of sp³-hybridized carbons (Fsp3) is 0.476. The van der Waals surface area contributed by atoms with E-state index in [2.05, 4.69) is 5.43 Å². The summed E-state index contributed by atoms with van der Waals surface area (Å²) in [5, 5.41) is 2.15. The Morgan fingerprint density at radius 2 is 1.93 bits per heavy atom. The van der Waals surface area contributed by atoms with Crippen LogP contribution in [0.1, 0.15) is 39.3 Å². The molecule has 1 atom stereocenters. The van der Waals surface area contributed by atoms with Crippen LogP contribution in [0.15, 0.2) is 36.4 Å². The van der Waals surface area contributed by atoms with Gasteiger partial charge in [0.2, 0.25) is 5.91 Å². The fourth-order valence-electron chi connectivity index (χ4n) is 3.36. The highest BCUT2D eigenvalue weighted by Gasteiger charge is 2.51. The molecule has 2 aromatic carbocycles. The topological polar surface area (TPSA) is 41.6 Å². The van der Waals surface area contributed by atoms with Crippen LogP contribution in [0.2, 0.25) is 0 Å².